The Kier molecular flexibility index (Phi) is 4.17. The molecule has 1 atom stereocenters. The Morgan fingerprint density at radius 1 is 1.35 bits per heavy atom. The van der Waals surface area contributed by atoms with E-state index in [1.165, 1.54) is 29.7 Å². The summed E-state index contributed by atoms with van der Waals surface area (Å²) in [6.07, 6.45) is 5.33. The summed E-state index contributed by atoms with van der Waals surface area (Å²) in [5.74, 6) is 0. The van der Waals surface area contributed by atoms with Crippen molar-refractivity contribution in [1.29, 1.82) is 0 Å². The van der Waals surface area contributed by atoms with E-state index in [4.69, 9.17) is 0 Å². The average molecular weight is 267 g/mol. The average Bonchev–Trinajstić information content (AvgIpc) is 2.42. The topological polar surface area (TPSA) is 3.24 Å². The molecule has 0 radical (unpaired) electrons. The van der Waals surface area contributed by atoms with Gasteiger partial charge in [0, 0.05) is 23.4 Å². The summed E-state index contributed by atoms with van der Waals surface area (Å²) >= 11 is 0. The second-order valence-corrected chi connectivity index (χ2v) is 6.07. The second-order valence-electron chi connectivity index (χ2n) is 6.07. The molecule has 1 heterocycles. The summed E-state index contributed by atoms with van der Waals surface area (Å²) in [6, 6.07) is 8.56. The third kappa shape index (κ3) is 2.72. The van der Waals surface area contributed by atoms with Crippen molar-refractivity contribution >= 4 is 5.70 Å². The largest absolute Gasteiger partial charge is 0.345 e. The molecule has 1 saturated heterocycles. The van der Waals surface area contributed by atoms with Crippen LogP contribution in [0, 0.1) is 12.3 Å². The van der Waals surface area contributed by atoms with Crippen molar-refractivity contribution in [2.75, 3.05) is 6.54 Å². The van der Waals surface area contributed by atoms with E-state index in [0.717, 1.165) is 18.7 Å². The molecular weight excluding hydrogens is 242 g/mol. The van der Waals surface area contributed by atoms with Crippen LogP contribution < -0.4 is 0 Å². The number of benzene rings is 1. The van der Waals surface area contributed by atoms with Gasteiger partial charge in [-0.2, -0.15) is 0 Å². The van der Waals surface area contributed by atoms with E-state index < -0.39 is 0 Å². The van der Waals surface area contributed by atoms with E-state index in [1.807, 2.05) is 6.08 Å². The lowest BCUT2D eigenvalue weighted by Gasteiger charge is -2.44. The van der Waals surface area contributed by atoms with Gasteiger partial charge in [0.1, 0.15) is 0 Å². The maximum Gasteiger partial charge on any atom is 0.0408 e. The molecule has 20 heavy (non-hydrogen) atoms. The van der Waals surface area contributed by atoms with Crippen LogP contribution in [0.3, 0.4) is 0 Å². The predicted octanol–water partition coefficient (Wildman–Crippen LogP) is 5.16. The molecule has 0 spiro atoms. The molecule has 0 aromatic heterocycles. The summed E-state index contributed by atoms with van der Waals surface area (Å²) < 4.78 is 0. The van der Waals surface area contributed by atoms with Crippen molar-refractivity contribution in [3.05, 3.63) is 66.9 Å². The first-order valence-corrected chi connectivity index (χ1v) is 7.32. The first-order valence-electron chi connectivity index (χ1n) is 7.32. The van der Waals surface area contributed by atoms with Gasteiger partial charge in [0.05, 0.1) is 0 Å². The standard InChI is InChI=1S/C19H25N/c1-6-12-19(5)13-7-14-20(17(19)4)16(3)18-10-8-15(2)9-11-18/h6,8-11H,1,3-4,7,12-14H2,2,5H3. The van der Waals surface area contributed by atoms with Gasteiger partial charge in [0.25, 0.3) is 0 Å². The van der Waals surface area contributed by atoms with E-state index in [1.54, 1.807) is 0 Å². The number of hydrogen-bond donors (Lipinski definition) is 0. The van der Waals surface area contributed by atoms with Crippen LogP contribution in [-0.4, -0.2) is 11.4 Å². The fourth-order valence-electron chi connectivity index (χ4n) is 2.97. The molecule has 0 saturated carbocycles. The zero-order valence-corrected chi connectivity index (χ0v) is 12.8. The summed E-state index contributed by atoms with van der Waals surface area (Å²) in [5, 5.41) is 0. The Labute approximate surface area is 123 Å². The molecule has 106 valence electrons. The van der Waals surface area contributed by atoms with Crippen LogP contribution in [0.2, 0.25) is 0 Å². The zero-order valence-electron chi connectivity index (χ0n) is 12.8. The van der Waals surface area contributed by atoms with Crippen LogP contribution in [0.4, 0.5) is 0 Å². The quantitative estimate of drug-likeness (QED) is 0.681. The molecule has 1 aliphatic rings. The first kappa shape index (κ1) is 14.6. The molecule has 1 aromatic rings. The summed E-state index contributed by atoms with van der Waals surface area (Å²) in [4.78, 5) is 2.29. The lowest BCUT2D eigenvalue weighted by atomic mass is 9.76. The van der Waals surface area contributed by atoms with Crippen molar-refractivity contribution in [2.45, 2.75) is 33.1 Å². The molecule has 1 nitrogen and oxygen atoms in total. The van der Waals surface area contributed by atoms with Crippen LogP contribution in [0.5, 0.6) is 0 Å². The zero-order chi connectivity index (χ0) is 14.8. The molecule has 0 aliphatic carbocycles. The minimum absolute atomic E-state index is 0.119. The molecular formula is C19H25N. The second kappa shape index (κ2) is 5.70. The highest BCUT2D eigenvalue weighted by atomic mass is 15.2. The fraction of sp³-hybridized carbons (Fsp3) is 0.368. The highest BCUT2D eigenvalue weighted by Gasteiger charge is 2.34. The molecule has 0 amide bonds. The predicted molar refractivity (Wildman–Crippen MR) is 88.2 cm³/mol. The van der Waals surface area contributed by atoms with Crippen LogP contribution in [-0.2, 0) is 0 Å². The molecule has 0 bridgehead atoms. The number of allylic oxidation sites excluding steroid dienone is 2. The summed E-state index contributed by atoms with van der Waals surface area (Å²) in [6.45, 7) is 17.9. The van der Waals surface area contributed by atoms with Crippen LogP contribution in [0.1, 0.15) is 37.3 Å². The van der Waals surface area contributed by atoms with Gasteiger partial charge >= 0.3 is 0 Å². The van der Waals surface area contributed by atoms with Gasteiger partial charge in [0.2, 0.25) is 0 Å². The van der Waals surface area contributed by atoms with E-state index in [-0.39, 0.29) is 5.41 Å². The Morgan fingerprint density at radius 2 is 2.00 bits per heavy atom. The summed E-state index contributed by atoms with van der Waals surface area (Å²) in [7, 11) is 0. The lowest BCUT2D eigenvalue weighted by Crippen LogP contribution is -2.37. The van der Waals surface area contributed by atoms with Gasteiger partial charge in [-0.1, -0.05) is 56.0 Å². The Hall–Kier alpha value is -1.76. The number of aryl methyl sites for hydroxylation is 1. The van der Waals surface area contributed by atoms with Crippen molar-refractivity contribution in [3.8, 4) is 0 Å². The van der Waals surface area contributed by atoms with Crippen molar-refractivity contribution < 1.29 is 0 Å². The Morgan fingerprint density at radius 3 is 2.60 bits per heavy atom. The highest BCUT2D eigenvalue weighted by molar-refractivity contribution is 5.64. The lowest BCUT2D eigenvalue weighted by molar-refractivity contribution is 0.224. The monoisotopic (exact) mass is 267 g/mol. The number of nitrogens with zero attached hydrogens (tertiary/aromatic N) is 1. The maximum atomic E-state index is 4.35. The molecule has 1 aliphatic heterocycles. The van der Waals surface area contributed by atoms with Gasteiger partial charge in [-0.15, -0.1) is 6.58 Å². The van der Waals surface area contributed by atoms with Gasteiger partial charge < -0.3 is 4.90 Å². The van der Waals surface area contributed by atoms with Gasteiger partial charge in [-0.25, -0.2) is 0 Å². The molecule has 1 fully saturated rings. The van der Waals surface area contributed by atoms with Crippen molar-refractivity contribution in [1.82, 2.24) is 4.90 Å². The van der Waals surface area contributed by atoms with Gasteiger partial charge in [-0.05, 0) is 31.7 Å². The van der Waals surface area contributed by atoms with E-state index in [9.17, 15) is 0 Å². The number of hydrogen-bond acceptors (Lipinski definition) is 1. The minimum Gasteiger partial charge on any atom is -0.345 e. The van der Waals surface area contributed by atoms with Crippen LogP contribution in [0.15, 0.2) is 55.8 Å². The fourth-order valence-corrected chi connectivity index (χ4v) is 2.97. The maximum absolute atomic E-state index is 4.35. The SMILES string of the molecule is C=CCC1(C)CCCN(C(=C)c2ccc(C)cc2)C1=C. The third-order valence-corrected chi connectivity index (χ3v) is 4.44. The smallest absolute Gasteiger partial charge is 0.0408 e. The highest BCUT2D eigenvalue weighted by Crippen LogP contribution is 2.43. The van der Waals surface area contributed by atoms with E-state index in [2.05, 4.69) is 62.7 Å². The molecule has 0 N–H and O–H groups in total. The number of piperidine rings is 1. The normalized spacial score (nSPS) is 22.7. The van der Waals surface area contributed by atoms with Gasteiger partial charge in [0.15, 0.2) is 0 Å². The molecule has 1 unspecified atom stereocenters. The molecule has 1 aromatic carbocycles. The number of rotatable bonds is 4. The molecule has 1 heteroatoms. The Balaban J connectivity index is 2.23. The van der Waals surface area contributed by atoms with Crippen LogP contribution >= 0.6 is 0 Å². The van der Waals surface area contributed by atoms with E-state index in [0.29, 0.717) is 0 Å². The van der Waals surface area contributed by atoms with E-state index >= 15 is 0 Å². The minimum atomic E-state index is 0.119. The van der Waals surface area contributed by atoms with Crippen molar-refractivity contribution in [3.63, 3.8) is 0 Å². The van der Waals surface area contributed by atoms with Crippen molar-refractivity contribution in [2.24, 2.45) is 5.41 Å². The van der Waals surface area contributed by atoms with Gasteiger partial charge in [-0.3, -0.25) is 0 Å². The Bertz CT molecular complexity index is 523. The van der Waals surface area contributed by atoms with Crippen LogP contribution in [0.25, 0.3) is 5.70 Å². The number of likely N-dealkylation sites (tertiary alicyclic amines) is 1. The molecule has 2 rings (SSSR count). The third-order valence-electron chi connectivity index (χ3n) is 4.44. The summed E-state index contributed by atoms with van der Waals surface area (Å²) in [5.41, 5.74) is 4.81. The first-order chi connectivity index (χ1) is 9.48.